The number of nitrogens with one attached hydrogen (secondary N) is 1. The van der Waals surface area contributed by atoms with Gasteiger partial charge in [0.15, 0.2) is 0 Å². The van der Waals surface area contributed by atoms with Crippen molar-refractivity contribution in [2.45, 2.75) is 26.9 Å². The zero-order valence-electron chi connectivity index (χ0n) is 10.8. The van der Waals surface area contributed by atoms with Crippen LogP contribution in [0.1, 0.15) is 29.9 Å². The van der Waals surface area contributed by atoms with E-state index in [0.717, 1.165) is 11.3 Å². The van der Waals surface area contributed by atoms with E-state index in [4.69, 9.17) is 5.11 Å². The van der Waals surface area contributed by atoms with E-state index in [1.165, 1.54) is 11.4 Å². The average molecular weight is 293 g/mol. The molecule has 4 nitrogen and oxygen atoms in total. The number of hydrogen-bond acceptors (Lipinski definition) is 4. The summed E-state index contributed by atoms with van der Waals surface area (Å²) in [6.45, 7) is 1.22. The molecular weight excluding hydrogens is 276 g/mol. The minimum Gasteiger partial charge on any atom is -0.433 e. The van der Waals surface area contributed by atoms with Crippen molar-refractivity contribution in [3.8, 4) is 5.75 Å². The lowest BCUT2D eigenvalue weighted by Crippen LogP contribution is -2.34. The van der Waals surface area contributed by atoms with E-state index in [1.54, 1.807) is 0 Å². The monoisotopic (exact) mass is 293 g/mol. The van der Waals surface area contributed by atoms with E-state index >= 15 is 0 Å². The van der Waals surface area contributed by atoms with Gasteiger partial charge in [-0.2, -0.15) is 8.78 Å². The molecular formula is C12H17F2NO3S. The van der Waals surface area contributed by atoms with Gasteiger partial charge in [-0.25, -0.2) is 0 Å². The maximum Gasteiger partial charge on any atom is 0.387 e. The fraction of sp³-hybridized carbons (Fsp3) is 0.583. The number of thiophene rings is 1. The molecule has 1 aromatic heterocycles. The summed E-state index contributed by atoms with van der Waals surface area (Å²) >= 11 is 1.04. The van der Waals surface area contributed by atoms with Crippen molar-refractivity contribution in [3.63, 3.8) is 0 Å². The van der Waals surface area contributed by atoms with Crippen LogP contribution in [0.2, 0.25) is 0 Å². The zero-order valence-corrected chi connectivity index (χ0v) is 11.6. The number of alkyl halides is 2. The Kier molecular flexibility index (Phi) is 5.68. The molecule has 0 bridgehead atoms. The summed E-state index contributed by atoms with van der Waals surface area (Å²) in [6.07, 6.45) is 0.540. The number of ether oxygens (including phenoxy) is 1. The first-order valence-electron chi connectivity index (χ1n) is 5.77. The summed E-state index contributed by atoms with van der Waals surface area (Å²) < 4.78 is 28.5. The third-order valence-electron chi connectivity index (χ3n) is 2.57. The fourth-order valence-electron chi connectivity index (χ4n) is 1.44. The van der Waals surface area contributed by atoms with Crippen molar-refractivity contribution < 1.29 is 23.4 Å². The highest BCUT2D eigenvalue weighted by molar-refractivity contribution is 7.12. The molecule has 1 aromatic rings. The van der Waals surface area contributed by atoms with Crippen LogP contribution in [-0.4, -0.2) is 30.8 Å². The van der Waals surface area contributed by atoms with Gasteiger partial charge in [-0.3, -0.25) is 4.79 Å². The van der Waals surface area contributed by atoms with Crippen LogP contribution in [0.4, 0.5) is 8.78 Å². The van der Waals surface area contributed by atoms with Gasteiger partial charge in [-0.15, -0.1) is 11.3 Å². The van der Waals surface area contributed by atoms with Crippen molar-refractivity contribution in [2.24, 2.45) is 5.41 Å². The molecule has 1 heterocycles. The van der Waals surface area contributed by atoms with E-state index < -0.39 is 12.5 Å². The first kappa shape index (κ1) is 15.8. The number of carbonyl (C=O) groups is 1. The zero-order chi connectivity index (χ0) is 14.5. The number of carbonyl (C=O) groups excluding carboxylic acids is 1. The predicted octanol–water partition coefficient (Wildman–Crippen LogP) is 2.49. The molecule has 7 heteroatoms. The van der Waals surface area contributed by atoms with Crippen LogP contribution in [0.25, 0.3) is 0 Å². The van der Waals surface area contributed by atoms with Gasteiger partial charge in [0.2, 0.25) is 0 Å². The molecule has 0 aliphatic rings. The standard InChI is InChI=1S/C12H17F2NO3S/c1-12(2,4-5-16)7-15-10(17)9-8(3-6-19-9)18-11(13)14/h3,6,11,16H,4-5,7H2,1-2H3,(H,15,17). The molecule has 1 rings (SSSR count). The van der Waals surface area contributed by atoms with Crippen LogP contribution in [0.3, 0.4) is 0 Å². The van der Waals surface area contributed by atoms with E-state index in [-0.39, 0.29) is 22.6 Å². The average Bonchev–Trinajstić information content (AvgIpc) is 2.73. The predicted molar refractivity (Wildman–Crippen MR) is 68.8 cm³/mol. The van der Waals surface area contributed by atoms with E-state index in [0.29, 0.717) is 13.0 Å². The number of amides is 1. The van der Waals surface area contributed by atoms with Gasteiger partial charge in [0.25, 0.3) is 5.91 Å². The normalized spacial score (nSPS) is 11.7. The Balaban J connectivity index is 2.61. The van der Waals surface area contributed by atoms with Crippen molar-refractivity contribution in [2.75, 3.05) is 13.2 Å². The van der Waals surface area contributed by atoms with Gasteiger partial charge < -0.3 is 15.2 Å². The second kappa shape index (κ2) is 6.81. The number of aliphatic hydroxyl groups is 1. The van der Waals surface area contributed by atoms with Crippen LogP contribution in [0.15, 0.2) is 11.4 Å². The molecule has 0 radical (unpaired) electrons. The van der Waals surface area contributed by atoms with Crippen molar-refractivity contribution in [1.29, 1.82) is 0 Å². The molecule has 0 atom stereocenters. The van der Waals surface area contributed by atoms with E-state index in [2.05, 4.69) is 10.1 Å². The lowest BCUT2D eigenvalue weighted by atomic mass is 9.90. The second-order valence-corrected chi connectivity index (χ2v) is 5.73. The summed E-state index contributed by atoms with van der Waals surface area (Å²) in [4.78, 5) is 12.0. The van der Waals surface area contributed by atoms with Crippen LogP contribution < -0.4 is 10.1 Å². The van der Waals surface area contributed by atoms with Crippen molar-refractivity contribution in [3.05, 3.63) is 16.3 Å². The Morgan fingerprint density at radius 1 is 1.58 bits per heavy atom. The lowest BCUT2D eigenvalue weighted by Gasteiger charge is -2.23. The van der Waals surface area contributed by atoms with Gasteiger partial charge in [0, 0.05) is 13.2 Å². The molecule has 0 saturated carbocycles. The molecule has 0 saturated heterocycles. The number of halogens is 2. The quantitative estimate of drug-likeness (QED) is 0.812. The summed E-state index contributed by atoms with van der Waals surface area (Å²) in [5.41, 5.74) is -0.259. The maximum absolute atomic E-state index is 12.1. The first-order valence-corrected chi connectivity index (χ1v) is 6.65. The topological polar surface area (TPSA) is 58.6 Å². The molecule has 108 valence electrons. The Morgan fingerprint density at radius 2 is 2.26 bits per heavy atom. The third-order valence-corrected chi connectivity index (χ3v) is 3.46. The van der Waals surface area contributed by atoms with Gasteiger partial charge in [-0.05, 0) is 23.3 Å². The molecule has 0 unspecified atom stereocenters. The van der Waals surface area contributed by atoms with E-state index in [9.17, 15) is 13.6 Å². The number of hydrogen-bond donors (Lipinski definition) is 2. The number of aliphatic hydroxyl groups excluding tert-OH is 1. The Hall–Kier alpha value is -1.21. The Bertz CT molecular complexity index is 421. The SMILES string of the molecule is CC(C)(CCO)CNC(=O)c1sccc1OC(F)F. The van der Waals surface area contributed by atoms with Crippen LogP contribution in [0.5, 0.6) is 5.75 Å². The molecule has 0 fully saturated rings. The summed E-state index contributed by atoms with van der Waals surface area (Å²) in [6, 6.07) is 1.34. The minimum absolute atomic E-state index is 0.0294. The molecule has 0 aromatic carbocycles. The highest BCUT2D eigenvalue weighted by Gasteiger charge is 2.21. The van der Waals surface area contributed by atoms with Gasteiger partial charge >= 0.3 is 6.61 Å². The molecule has 1 amide bonds. The molecule has 0 aliphatic carbocycles. The van der Waals surface area contributed by atoms with Crippen LogP contribution >= 0.6 is 11.3 Å². The minimum atomic E-state index is -2.95. The third kappa shape index (κ3) is 5.12. The highest BCUT2D eigenvalue weighted by atomic mass is 32.1. The maximum atomic E-state index is 12.1. The highest BCUT2D eigenvalue weighted by Crippen LogP contribution is 2.26. The summed E-state index contributed by atoms with van der Waals surface area (Å²) in [5.74, 6) is -0.561. The van der Waals surface area contributed by atoms with Gasteiger partial charge in [-0.1, -0.05) is 13.8 Å². The molecule has 19 heavy (non-hydrogen) atoms. The first-order chi connectivity index (χ1) is 8.85. The van der Waals surface area contributed by atoms with Crippen molar-refractivity contribution in [1.82, 2.24) is 5.32 Å². The fourth-order valence-corrected chi connectivity index (χ4v) is 2.18. The second-order valence-electron chi connectivity index (χ2n) is 4.81. The molecule has 0 spiro atoms. The molecule has 0 aliphatic heterocycles. The van der Waals surface area contributed by atoms with Gasteiger partial charge in [0.05, 0.1) is 0 Å². The Labute approximate surface area is 114 Å². The largest absolute Gasteiger partial charge is 0.433 e. The Morgan fingerprint density at radius 3 is 2.84 bits per heavy atom. The molecule has 2 N–H and O–H groups in total. The van der Waals surface area contributed by atoms with Crippen LogP contribution in [-0.2, 0) is 0 Å². The summed E-state index contributed by atoms with van der Waals surface area (Å²) in [7, 11) is 0. The lowest BCUT2D eigenvalue weighted by molar-refractivity contribution is -0.0498. The smallest absolute Gasteiger partial charge is 0.387 e. The summed E-state index contributed by atoms with van der Waals surface area (Å²) in [5, 5.41) is 13.1. The van der Waals surface area contributed by atoms with Crippen molar-refractivity contribution >= 4 is 17.2 Å². The number of rotatable bonds is 7. The van der Waals surface area contributed by atoms with Crippen LogP contribution in [0, 0.1) is 5.41 Å². The van der Waals surface area contributed by atoms with E-state index in [1.807, 2.05) is 13.8 Å². The van der Waals surface area contributed by atoms with Gasteiger partial charge in [0.1, 0.15) is 10.6 Å².